The number of rotatable bonds is 7. The predicted molar refractivity (Wildman–Crippen MR) is 77.2 cm³/mol. The lowest BCUT2D eigenvalue weighted by Crippen LogP contribution is -2.04. The zero-order valence-corrected chi connectivity index (χ0v) is 11.1. The van der Waals surface area contributed by atoms with Crippen LogP contribution in [-0.2, 0) is 22.5 Å². The second-order valence-corrected chi connectivity index (χ2v) is 4.19. The minimum Gasteiger partial charge on any atom is -0.382 e. The van der Waals surface area contributed by atoms with Crippen LogP contribution < -0.4 is 0 Å². The molecule has 100 valence electrons. The average Bonchev–Trinajstić information content (AvgIpc) is 2.53. The number of hydrogen-bond acceptors (Lipinski definition) is 2. The van der Waals surface area contributed by atoms with Crippen LogP contribution >= 0.6 is 0 Å². The van der Waals surface area contributed by atoms with E-state index in [-0.39, 0.29) is 0 Å². The largest absolute Gasteiger partial charge is 0.382 e. The quantitative estimate of drug-likeness (QED) is 0.708. The van der Waals surface area contributed by atoms with Crippen molar-refractivity contribution in [3.8, 4) is 0 Å². The summed E-state index contributed by atoms with van der Waals surface area (Å²) in [6, 6.07) is 16.7. The summed E-state index contributed by atoms with van der Waals surface area (Å²) < 4.78 is 27.4. The SMILES string of the molecule is [2H]C([2H])(c1ccccc1)c1ccccc1COCCOC. The predicted octanol–water partition coefficient (Wildman–Crippen LogP) is 3.44. The van der Waals surface area contributed by atoms with Gasteiger partial charge in [0, 0.05) is 9.85 Å². The number of benzene rings is 2. The third kappa shape index (κ3) is 4.51. The first-order chi connectivity index (χ1) is 10.2. The molecular formula is C17H20O2. The number of hydrogen-bond donors (Lipinski definition) is 0. The van der Waals surface area contributed by atoms with Gasteiger partial charge in [-0.05, 0) is 23.1 Å². The third-order valence-electron chi connectivity index (χ3n) is 2.76. The Bertz CT molecular complexity index is 556. The lowest BCUT2D eigenvalue weighted by molar-refractivity contribution is 0.0614. The molecule has 0 heterocycles. The van der Waals surface area contributed by atoms with Crippen molar-refractivity contribution in [2.24, 2.45) is 0 Å². The van der Waals surface area contributed by atoms with Gasteiger partial charge in [0.1, 0.15) is 0 Å². The van der Waals surface area contributed by atoms with Gasteiger partial charge in [-0.1, -0.05) is 54.6 Å². The van der Waals surface area contributed by atoms with Crippen LogP contribution in [0.3, 0.4) is 0 Å². The van der Waals surface area contributed by atoms with Crippen LogP contribution in [0.5, 0.6) is 0 Å². The van der Waals surface area contributed by atoms with E-state index in [1.165, 1.54) is 0 Å². The Morgan fingerprint density at radius 3 is 2.32 bits per heavy atom. The molecule has 19 heavy (non-hydrogen) atoms. The summed E-state index contributed by atoms with van der Waals surface area (Å²) in [4.78, 5) is 0. The van der Waals surface area contributed by atoms with Gasteiger partial charge in [-0.2, -0.15) is 0 Å². The van der Waals surface area contributed by atoms with Crippen LogP contribution in [0.2, 0.25) is 0 Å². The molecular weight excluding hydrogens is 236 g/mol. The Morgan fingerprint density at radius 1 is 0.895 bits per heavy atom. The van der Waals surface area contributed by atoms with Crippen LogP contribution in [0.4, 0.5) is 0 Å². The molecule has 0 spiro atoms. The Kier molecular flexibility index (Phi) is 4.55. The van der Waals surface area contributed by atoms with Crippen LogP contribution in [0.15, 0.2) is 54.6 Å². The molecule has 0 aliphatic carbocycles. The monoisotopic (exact) mass is 258 g/mol. The molecule has 0 radical (unpaired) electrons. The molecule has 0 aliphatic heterocycles. The lowest BCUT2D eigenvalue weighted by Gasteiger charge is -2.10. The topological polar surface area (TPSA) is 18.5 Å². The molecule has 0 bridgehead atoms. The molecule has 2 heteroatoms. The maximum atomic E-state index is 8.45. The average molecular weight is 258 g/mol. The van der Waals surface area contributed by atoms with Gasteiger partial charge in [-0.3, -0.25) is 0 Å². The normalized spacial score (nSPS) is 12.9. The van der Waals surface area contributed by atoms with E-state index < -0.39 is 6.37 Å². The highest BCUT2D eigenvalue weighted by Gasteiger charge is 2.03. The first-order valence-corrected chi connectivity index (χ1v) is 6.37. The molecule has 2 rings (SSSR count). The highest BCUT2D eigenvalue weighted by Crippen LogP contribution is 2.15. The first-order valence-electron chi connectivity index (χ1n) is 7.37. The van der Waals surface area contributed by atoms with Crippen LogP contribution in [-0.4, -0.2) is 20.3 Å². The minimum atomic E-state index is -1.54. The van der Waals surface area contributed by atoms with Crippen LogP contribution in [0.1, 0.15) is 19.4 Å². The van der Waals surface area contributed by atoms with Crippen molar-refractivity contribution in [3.63, 3.8) is 0 Å². The number of methoxy groups -OCH3 is 1. The fourth-order valence-corrected chi connectivity index (χ4v) is 1.77. The second kappa shape index (κ2) is 7.72. The number of ether oxygens (including phenoxy) is 2. The van der Waals surface area contributed by atoms with Crippen molar-refractivity contribution < 1.29 is 12.2 Å². The fourth-order valence-electron chi connectivity index (χ4n) is 1.77. The highest BCUT2D eigenvalue weighted by molar-refractivity contribution is 5.32. The van der Waals surface area contributed by atoms with Crippen molar-refractivity contribution in [1.29, 1.82) is 0 Å². The van der Waals surface area contributed by atoms with Crippen molar-refractivity contribution in [2.45, 2.75) is 13.0 Å². The minimum absolute atomic E-state index is 0.381. The van der Waals surface area contributed by atoms with E-state index in [9.17, 15) is 0 Å². The molecule has 0 fully saturated rings. The lowest BCUT2D eigenvalue weighted by atomic mass is 10.0. The van der Waals surface area contributed by atoms with E-state index >= 15 is 0 Å². The first kappa shape index (κ1) is 11.2. The molecule has 2 aromatic carbocycles. The van der Waals surface area contributed by atoms with Crippen molar-refractivity contribution in [3.05, 3.63) is 71.3 Å². The maximum absolute atomic E-state index is 8.45. The molecule has 0 saturated heterocycles. The Hall–Kier alpha value is -1.64. The summed E-state index contributed by atoms with van der Waals surface area (Å²) in [5.41, 5.74) is 2.16. The molecule has 0 saturated carbocycles. The Labute approximate surface area is 117 Å². The van der Waals surface area contributed by atoms with Crippen molar-refractivity contribution in [1.82, 2.24) is 0 Å². The molecule has 2 nitrogen and oxygen atoms in total. The standard InChI is InChI=1S/C17H20O2/c1-18-11-12-19-14-17-10-6-5-9-16(17)13-15-7-3-2-4-8-15/h2-10H,11-14H2,1H3/i13D2. The van der Waals surface area contributed by atoms with Gasteiger partial charge in [0.15, 0.2) is 0 Å². The summed E-state index contributed by atoms with van der Waals surface area (Å²) in [5.74, 6) is 0. The summed E-state index contributed by atoms with van der Waals surface area (Å²) in [5, 5.41) is 0. The van der Waals surface area contributed by atoms with Crippen LogP contribution in [0.25, 0.3) is 0 Å². The van der Waals surface area contributed by atoms with E-state index in [1.807, 2.05) is 54.6 Å². The smallest absolute Gasteiger partial charge is 0.0720 e. The molecule has 0 unspecified atom stereocenters. The molecule has 0 aromatic heterocycles. The second-order valence-electron chi connectivity index (χ2n) is 4.19. The molecule has 0 amide bonds. The van der Waals surface area contributed by atoms with Gasteiger partial charge in [0.05, 0.1) is 19.8 Å². The molecule has 0 atom stereocenters. The van der Waals surface area contributed by atoms with E-state index in [4.69, 9.17) is 12.2 Å². The zero-order chi connectivity index (χ0) is 15.1. The fraction of sp³-hybridized carbons (Fsp3) is 0.294. The van der Waals surface area contributed by atoms with Crippen molar-refractivity contribution >= 4 is 0 Å². The summed E-state index contributed by atoms with van der Waals surface area (Å²) in [6.07, 6.45) is -1.54. The third-order valence-corrected chi connectivity index (χ3v) is 2.76. The molecule has 0 N–H and O–H groups in total. The van der Waals surface area contributed by atoms with Crippen molar-refractivity contribution in [2.75, 3.05) is 20.3 Å². The van der Waals surface area contributed by atoms with Crippen LogP contribution in [0, 0.1) is 0 Å². The summed E-state index contributed by atoms with van der Waals surface area (Å²) >= 11 is 0. The van der Waals surface area contributed by atoms with E-state index in [1.54, 1.807) is 7.11 Å². The molecule has 2 aromatic rings. The van der Waals surface area contributed by atoms with E-state index in [0.29, 0.717) is 30.9 Å². The van der Waals surface area contributed by atoms with Gasteiger partial charge >= 0.3 is 0 Å². The van der Waals surface area contributed by atoms with Gasteiger partial charge in [-0.25, -0.2) is 0 Å². The Morgan fingerprint density at radius 2 is 1.58 bits per heavy atom. The summed E-state index contributed by atoms with van der Waals surface area (Å²) in [7, 11) is 1.63. The van der Waals surface area contributed by atoms with E-state index in [2.05, 4.69) is 0 Å². The summed E-state index contributed by atoms with van der Waals surface area (Å²) in [6.45, 7) is 1.42. The van der Waals surface area contributed by atoms with Gasteiger partial charge in [0.25, 0.3) is 0 Å². The molecule has 0 aliphatic rings. The maximum Gasteiger partial charge on any atom is 0.0720 e. The van der Waals surface area contributed by atoms with Gasteiger partial charge in [0.2, 0.25) is 0 Å². The zero-order valence-electron chi connectivity index (χ0n) is 13.1. The van der Waals surface area contributed by atoms with E-state index in [0.717, 1.165) is 5.56 Å². The van der Waals surface area contributed by atoms with Gasteiger partial charge < -0.3 is 9.47 Å². The Balaban J connectivity index is 2.22. The van der Waals surface area contributed by atoms with Gasteiger partial charge in [-0.15, -0.1) is 0 Å². The highest BCUT2D eigenvalue weighted by atomic mass is 16.5.